The molecule has 0 bridgehead atoms. The average molecular weight is 383 g/mol. The molecule has 0 amide bonds. The Kier molecular flexibility index (Phi) is 4.05. The van der Waals surface area contributed by atoms with Crippen molar-refractivity contribution in [3.63, 3.8) is 0 Å². The number of benzene rings is 1. The lowest BCUT2D eigenvalue weighted by molar-refractivity contribution is 0.355. The number of aromatic nitrogens is 2. The lowest BCUT2D eigenvalue weighted by Crippen LogP contribution is -1.93. The standard InChI is InChI=1S/C10H8ClIN2O2S/c1-15-7-4-5(3-6(11)8(7)16-2)9-13-10(12)17-14-9/h3-4H,1-2H3. The first-order chi connectivity index (χ1) is 8.15. The fourth-order valence-corrected chi connectivity index (χ4v) is 2.62. The topological polar surface area (TPSA) is 44.2 Å². The lowest BCUT2D eigenvalue weighted by Gasteiger charge is -2.10. The summed E-state index contributed by atoms with van der Waals surface area (Å²) in [6.07, 6.45) is 0. The molecule has 17 heavy (non-hydrogen) atoms. The van der Waals surface area contributed by atoms with Gasteiger partial charge in [-0.3, -0.25) is 0 Å². The Morgan fingerprint density at radius 1 is 1.29 bits per heavy atom. The van der Waals surface area contributed by atoms with Crippen LogP contribution in [0.15, 0.2) is 12.1 Å². The van der Waals surface area contributed by atoms with Gasteiger partial charge in [-0.1, -0.05) is 11.6 Å². The molecule has 0 radical (unpaired) electrons. The van der Waals surface area contributed by atoms with Gasteiger partial charge >= 0.3 is 0 Å². The molecule has 2 aromatic rings. The fourth-order valence-electron chi connectivity index (χ4n) is 1.37. The zero-order chi connectivity index (χ0) is 12.4. The third kappa shape index (κ3) is 2.63. The average Bonchev–Trinajstić information content (AvgIpc) is 2.74. The molecule has 1 aromatic carbocycles. The number of hydrogen-bond donors (Lipinski definition) is 0. The van der Waals surface area contributed by atoms with Crippen molar-refractivity contribution in [1.82, 2.24) is 9.36 Å². The van der Waals surface area contributed by atoms with Crippen molar-refractivity contribution in [3.05, 3.63) is 20.2 Å². The van der Waals surface area contributed by atoms with E-state index in [2.05, 4.69) is 31.9 Å². The Bertz CT molecular complexity index is 547. The summed E-state index contributed by atoms with van der Waals surface area (Å²) in [6, 6.07) is 3.57. The zero-order valence-corrected chi connectivity index (χ0v) is 12.8. The first-order valence-electron chi connectivity index (χ1n) is 4.56. The maximum Gasteiger partial charge on any atom is 0.179 e. The normalized spacial score (nSPS) is 10.4. The maximum absolute atomic E-state index is 6.11. The third-order valence-corrected chi connectivity index (χ3v) is 3.71. The molecule has 0 aliphatic heterocycles. The van der Waals surface area contributed by atoms with E-state index >= 15 is 0 Å². The molecule has 4 nitrogen and oxygen atoms in total. The highest BCUT2D eigenvalue weighted by Crippen LogP contribution is 2.38. The summed E-state index contributed by atoms with van der Waals surface area (Å²) < 4.78 is 15.5. The molecule has 0 saturated carbocycles. The number of ether oxygens (including phenoxy) is 2. The van der Waals surface area contributed by atoms with E-state index in [9.17, 15) is 0 Å². The van der Waals surface area contributed by atoms with Crippen LogP contribution in [-0.4, -0.2) is 23.6 Å². The van der Waals surface area contributed by atoms with Crippen molar-refractivity contribution in [3.8, 4) is 22.9 Å². The van der Waals surface area contributed by atoms with Gasteiger partial charge in [0.1, 0.15) is 0 Å². The highest BCUT2D eigenvalue weighted by atomic mass is 127. The Morgan fingerprint density at radius 3 is 2.59 bits per heavy atom. The van der Waals surface area contributed by atoms with Crippen LogP contribution < -0.4 is 9.47 Å². The smallest absolute Gasteiger partial charge is 0.179 e. The third-order valence-electron chi connectivity index (χ3n) is 2.09. The van der Waals surface area contributed by atoms with E-state index in [0.717, 1.165) is 8.58 Å². The Balaban J connectivity index is 2.53. The van der Waals surface area contributed by atoms with Crippen LogP contribution in [0, 0.1) is 3.01 Å². The van der Waals surface area contributed by atoms with Gasteiger partial charge in [0.2, 0.25) is 0 Å². The first-order valence-corrected chi connectivity index (χ1v) is 6.80. The summed E-state index contributed by atoms with van der Waals surface area (Å²) in [6.45, 7) is 0. The molecule has 0 unspecified atom stereocenters. The molecule has 2 rings (SSSR count). The van der Waals surface area contributed by atoms with Crippen LogP contribution in [0.25, 0.3) is 11.4 Å². The summed E-state index contributed by atoms with van der Waals surface area (Å²) in [5.41, 5.74) is 0.812. The van der Waals surface area contributed by atoms with Gasteiger partial charge < -0.3 is 9.47 Å². The van der Waals surface area contributed by atoms with Crippen molar-refractivity contribution in [2.75, 3.05) is 14.2 Å². The van der Waals surface area contributed by atoms with Crippen LogP contribution in [0.2, 0.25) is 5.02 Å². The number of nitrogens with zero attached hydrogens (tertiary/aromatic N) is 2. The van der Waals surface area contributed by atoms with E-state index in [4.69, 9.17) is 21.1 Å². The van der Waals surface area contributed by atoms with Crippen LogP contribution >= 0.6 is 45.7 Å². The van der Waals surface area contributed by atoms with Crippen LogP contribution in [0.4, 0.5) is 0 Å². The quantitative estimate of drug-likeness (QED) is 0.763. The second kappa shape index (κ2) is 5.36. The molecule has 90 valence electrons. The van der Waals surface area contributed by atoms with Gasteiger partial charge in [0.05, 0.1) is 19.2 Å². The minimum atomic E-state index is 0.478. The van der Waals surface area contributed by atoms with Gasteiger partial charge in [0, 0.05) is 5.56 Å². The number of methoxy groups -OCH3 is 2. The van der Waals surface area contributed by atoms with E-state index in [1.165, 1.54) is 11.5 Å². The Morgan fingerprint density at radius 2 is 2.06 bits per heavy atom. The predicted molar refractivity (Wildman–Crippen MR) is 76.2 cm³/mol. The summed E-state index contributed by atoms with van der Waals surface area (Å²) in [5, 5.41) is 0.478. The van der Waals surface area contributed by atoms with Gasteiger partial charge in [-0.25, -0.2) is 4.98 Å². The summed E-state index contributed by atoms with van der Waals surface area (Å²) in [5.74, 6) is 1.73. The SMILES string of the molecule is COc1cc(-c2nsc(I)n2)cc(Cl)c1OC. The second-order valence-electron chi connectivity index (χ2n) is 3.06. The van der Waals surface area contributed by atoms with Crippen LogP contribution in [0.3, 0.4) is 0 Å². The minimum absolute atomic E-state index is 0.478. The van der Waals surface area contributed by atoms with E-state index in [1.807, 2.05) is 6.07 Å². The van der Waals surface area contributed by atoms with Crippen molar-refractivity contribution in [2.24, 2.45) is 0 Å². The molecule has 0 spiro atoms. The van der Waals surface area contributed by atoms with Crippen LogP contribution in [0.5, 0.6) is 11.5 Å². The summed E-state index contributed by atoms with van der Waals surface area (Å²) in [7, 11) is 3.11. The molecule has 7 heteroatoms. The van der Waals surface area contributed by atoms with E-state index in [1.54, 1.807) is 20.3 Å². The summed E-state index contributed by atoms with van der Waals surface area (Å²) >= 11 is 9.57. The Hall–Kier alpha value is -0.600. The maximum atomic E-state index is 6.11. The summed E-state index contributed by atoms with van der Waals surface area (Å²) in [4.78, 5) is 4.29. The lowest BCUT2D eigenvalue weighted by atomic mass is 10.2. The highest BCUT2D eigenvalue weighted by Gasteiger charge is 2.14. The molecule has 0 N–H and O–H groups in total. The van der Waals surface area contributed by atoms with Crippen LogP contribution in [0.1, 0.15) is 0 Å². The van der Waals surface area contributed by atoms with Crippen molar-refractivity contribution in [1.29, 1.82) is 0 Å². The number of hydrogen-bond acceptors (Lipinski definition) is 5. The molecule has 0 atom stereocenters. The molecule has 0 fully saturated rings. The van der Waals surface area contributed by atoms with Crippen LogP contribution in [-0.2, 0) is 0 Å². The second-order valence-corrected chi connectivity index (χ2v) is 5.98. The molecule has 1 heterocycles. The molecular weight excluding hydrogens is 375 g/mol. The van der Waals surface area contributed by atoms with Crippen molar-refractivity contribution < 1.29 is 9.47 Å². The zero-order valence-electron chi connectivity index (χ0n) is 9.03. The Labute approximate surface area is 121 Å². The van der Waals surface area contributed by atoms with Gasteiger partial charge in [-0.15, -0.1) is 0 Å². The molecule has 0 aliphatic rings. The fraction of sp³-hybridized carbons (Fsp3) is 0.200. The van der Waals surface area contributed by atoms with E-state index in [-0.39, 0.29) is 0 Å². The molecule has 1 aromatic heterocycles. The molecular formula is C10H8ClIN2O2S. The minimum Gasteiger partial charge on any atom is -0.493 e. The molecule has 0 saturated heterocycles. The highest BCUT2D eigenvalue weighted by molar-refractivity contribution is 14.1. The number of rotatable bonds is 3. The van der Waals surface area contributed by atoms with Gasteiger partial charge in [-0.05, 0) is 46.3 Å². The molecule has 0 aliphatic carbocycles. The van der Waals surface area contributed by atoms with Gasteiger partial charge in [0.15, 0.2) is 20.3 Å². The largest absolute Gasteiger partial charge is 0.493 e. The number of halogens is 2. The van der Waals surface area contributed by atoms with E-state index in [0.29, 0.717) is 22.3 Å². The van der Waals surface area contributed by atoms with Gasteiger partial charge in [0.25, 0.3) is 0 Å². The van der Waals surface area contributed by atoms with Gasteiger partial charge in [-0.2, -0.15) is 4.37 Å². The predicted octanol–water partition coefficient (Wildman–Crippen LogP) is 3.48. The monoisotopic (exact) mass is 382 g/mol. The van der Waals surface area contributed by atoms with Crippen molar-refractivity contribution in [2.45, 2.75) is 0 Å². The van der Waals surface area contributed by atoms with E-state index < -0.39 is 0 Å². The van der Waals surface area contributed by atoms with Crippen molar-refractivity contribution >= 4 is 45.7 Å². The first kappa shape index (κ1) is 12.8.